The van der Waals surface area contributed by atoms with E-state index in [-0.39, 0.29) is 17.0 Å². The molecule has 0 aromatic heterocycles. The normalized spacial score (nSPS) is 43.3. The summed E-state index contributed by atoms with van der Waals surface area (Å²) in [4.78, 5) is 15.7. The highest BCUT2D eigenvalue weighted by Crippen LogP contribution is 2.41. The molecule has 4 bridgehead atoms. The van der Waals surface area contributed by atoms with Crippen molar-refractivity contribution in [1.29, 1.82) is 0 Å². The molecule has 4 rings (SSSR count). The Morgan fingerprint density at radius 1 is 1.00 bits per heavy atom. The quantitative estimate of drug-likeness (QED) is 0.268. The molecule has 0 unspecified atom stereocenters. The van der Waals surface area contributed by atoms with Gasteiger partial charge >= 0.3 is 0 Å². The monoisotopic (exact) mass is 358 g/mol. The molecule has 144 valence electrons. The van der Waals surface area contributed by atoms with Crippen LogP contribution in [-0.2, 0) is 4.79 Å². The lowest BCUT2D eigenvalue weighted by atomic mass is 9.57. The summed E-state index contributed by atoms with van der Waals surface area (Å²) in [6.07, 6.45) is -0.374. The number of hydrogen-bond acceptors (Lipinski definition) is 5. The van der Waals surface area contributed by atoms with Crippen molar-refractivity contribution in [2.45, 2.75) is 64.0 Å². The van der Waals surface area contributed by atoms with Crippen molar-refractivity contribution < 1.29 is 35.0 Å². The molecule has 7 heteroatoms. The van der Waals surface area contributed by atoms with Gasteiger partial charge in [-0.15, -0.1) is 0 Å². The zero-order valence-corrected chi connectivity index (χ0v) is 15.4. The van der Waals surface area contributed by atoms with Crippen molar-refractivity contribution in [3.8, 4) is 0 Å². The third-order valence-corrected chi connectivity index (χ3v) is 6.83. The molecule has 6 N–H and O–H groups in total. The molecule has 7 nitrogen and oxygen atoms in total. The van der Waals surface area contributed by atoms with Gasteiger partial charge in [0.25, 0.3) is 0 Å². The highest BCUT2D eigenvalue weighted by molar-refractivity contribution is 5.92. The summed E-state index contributed by atoms with van der Waals surface area (Å²) >= 11 is 0. The molecule has 4 aliphatic rings. The Bertz CT molecular complexity index is 470. The van der Waals surface area contributed by atoms with E-state index in [1.54, 1.807) is 0 Å². The summed E-state index contributed by atoms with van der Waals surface area (Å²) in [6, 6.07) is 0. The molecule has 3 atom stereocenters. The number of aliphatic hydroxyl groups is 4. The first-order chi connectivity index (χ1) is 11.8. The summed E-state index contributed by atoms with van der Waals surface area (Å²) in [7, 11) is 0. The van der Waals surface area contributed by atoms with Gasteiger partial charge in [-0.05, 0) is 12.8 Å². The van der Waals surface area contributed by atoms with Crippen molar-refractivity contribution in [3.63, 3.8) is 0 Å². The van der Waals surface area contributed by atoms with Gasteiger partial charge in [-0.3, -0.25) is 14.6 Å². The topological polar surface area (TPSA) is 107 Å². The first kappa shape index (κ1) is 19.2. The second kappa shape index (κ2) is 6.87. The minimum absolute atomic E-state index is 0.251. The molecular formula is C18H34N2O5+2. The standard InChI is InChI=1S/C18H32N2O5/c1-3-5-17-8-19-10-18(6-4-2,16(17)25)11-20(9-17)15(19)14(24)13(23)12(22)7-21/h12-15,21-24H,3-11H2,1-2H3/p+2/t12-,13+,14+,15?,17?,18?/m1/s1. The number of carbonyl (C=O) groups excluding carboxylic acids is 1. The molecule has 0 spiro atoms. The largest absolute Gasteiger partial charge is 0.394 e. The van der Waals surface area contributed by atoms with Gasteiger partial charge in [0.05, 0.1) is 6.61 Å². The first-order valence-corrected chi connectivity index (χ1v) is 9.73. The van der Waals surface area contributed by atoms with E-state index in [4.69, 9.17) is 5.11 Å². The molecule has 0 aliphatic carbocycles. The average Bonchev–Trinajstić information content (AvgIpc) is 2.57. The number of hydrogen-bond donors (Lipinski definition) is 6. The Labute approximate surface area is 149 Å². The van der Waals surface area contributed by atoms with E-state index in [1.807, 2.05) is 0 Å². The molecule has 4 saturated heterocycles. The van der Waals surface area contributed by atoms with Gasteiger partial charge < -0.3 is 20.4 Å². The van der Waals surface area contributed by atoms with Crippen molar-refractivity contribution in [3.05, 3.63) is 0 Å². The van der Waals surface area contributed by atoms with Crippen LogP contribution in [0.25, 0.3) is 0 Å². The Morgan fingerprint density at radius 3 is 1.80 bits per heavy atom. The SMILES string of the molecule is CCCC12C[NH+]3CC(CCC)(C[NH+](C1)C3[C@@H](O)[C@@H](O)[C@H](O)CO)C2=O. The molecule has 0 aromatic carbocycles. The van der Waals surface area contributed by atoms with Gasteiger partial charge in [-0.1, -0.05) is 26.7 Å². The highest BCUT2D eigenvalue weighted by atomic mass is 16.4. The Morgan fingerprint density at radius 2 is 1.44 bits per heavy atom. The molecular weight excluding hydrogens is 324 g/mol. The van der Waals surface area contributed by atoms with E-state index in [1.165, 1.54) is 9.80 Å². The van der Waals surface area contributed by atoms with Gasteiger partial charge in [-0.25, -0.2) is 0 Å². The lowest BCUT2D eigenvalue weighted by molar-refractivity contribution is -1.17. The summed E-state index contributed by atoms with van der Waals surface area (Å²) in [6.45, 7) is 6.48. The third kappa shape index (κ3) is 2.85. The maximum Gasteiger partial charge on any atom is 0.242 e. The summed E-state index contributed by atoms with van der Waals surface area (Å²) in [5.41, 5.74) is -0.607. The predicted octanol–water partition coefficient (Wildman–Crippen LogP) is -3.66. The van der Waals surface area contributed by atoms with Crippen molar-refractivity contribution in [1.82, 2.24) is 0 Å². The maximum atomic E-state index is 13.4. The fraction of sp³-hybridized carbons (Fsp3) is 0.944. The molecule has 4 fully saturated rings. The van der Waals surface area contributed by atoms with Gasteiger partial charge in [0.1, 0.15) is 49.2 Å². The van der Waals surface area contributed by atoms with Crippen LogP contribution < -0.4 is 9.80 Å². The fourth-order valence-electron chi connectivity index (χ4n) is 6.15. The second-order valence-corrected chi connectivity index (χ2v) is 8.62. The van der Waals surface area contributed by atoms with E-state index in [0.717, 1.165) is 25.7 Å². The van der Waals surface area contributed by atoms with Crippen LogP contribution >= 0.6 is 0 Å². The Kier molecular flexibility index (Phi) is 5.27. The van der Waals surface area contributed by atoms with E-state index in [2.05, 4.69) is 13.8 Å². The number of Topliss-reactive ketones (excluding diaryl/α,β-unsaturated/α-hetero) is 1. The predicted molar refractivity (Wildman–Crippen MR) is 90.0 cm³/mol. The summed E-state index contributed by atoms with van der Waals surface area (Å²) in [5.74, 6) is 0.431. The van der Waals surface area contributed by atoms with Gasteiger partial charge in [-0.2, -0.15) is 0 Å². The van der Waals surface area contributed by atoms with Crippen molar-refractivity contribution in [2.75, 3.05) is 32.8 Å². The molecule has 25 heavy (non-hydrogen) atoms. The van der Waals surface area contributed by atoms with Crippen LogP contribution in [0, 0.1) is 10.8 Å². The van der Waals surface area contributed by atoms with Crippen LogP contribution in [0.3, 0.4) is 0 Å². The van der Waals surface area contributed by atoms with E-state index < -0.39 is 24.9 Å². The molecule has 0 saturated carbocycles. The summed E-state index contributed by atoms with van der Waals surface area (Å²) < 4.78 is 0. The van der Waals surface area contributed by atoms with Crippen LogP contribution in [0.4, 0.5) is 0 Å². The number of aliphatic hydroxyl groups excluding tert-OH is 4. The van der Waals surface area contributed by atoms with E-state index >= 15 is 0 Å². The molecule has 4 heterocycles. The first-order valence-electron chi connectivity index (χ1n) is 9.73. The lowest BCUT2D eigenvalue weighted by Crippen LogP contribution is -3.46. The van der Waals surface area contributed by atoms with E-state index in [0.29, 0.717) is 32.0 Å². The van der Waals surface area contributed by atoms with Gasteiger partial charge in [0, 0.05) is 0 Å². The van der Waals surface area contributed by atoms with Crippen molar-refractivity contribution in [2.24, 2.45) is 10.8 Å². The van der Waals surface area contributed by atoms with Crippen molar-refractivity contribution >= 4 is 5.78 Å². The number of nitrogens with one attached hydrogen (secondary N) is 2. The van der Waals surface area contributed by atoms with Gasteiger partial charge in [0.15, 0.2) is 11.9 Å². The van der Waals surface area contributed by atoms with Crippen LogP contribution in [0.15, 0.2) is 0 Å². The Hall–Kier alpha value is -0.570. The number of piperidine rings is 2. The number of rotatable bonds is 8. The molecule has 0 amide bonds. The summed E-state index contributed by atoms with van der Waals surface area (Å²) in [5, 5.41) is 39.7. The highest BCUT2D eigenvalue weighted by Gasteiger charge is 2.71. The lowest BCUT2D eigenvalue weighted by Gasteiger charge is -2.61. The second-order valence-electron chi connectivity index (χ2n) is 8.62. The molecule has 4 aliphatic heterocycles. The molecule has 0 aromatic rings. The zero-order valence-electron chi connectivity index (χ0n) is 15.4. The minimum Gasteiger partial charge on any atom is -0.394 e. The third-order valence-electron chi connectivity index (χ3n) is 6.83. The van der Waals surface area contributed by atoms with Crippen LogP contribution in [0.2, 0.25) is 0 Å². The van der Waals surface area contributed by atoms with Crippen LogP contribution in [0.5, 0.6) is 0 Å². The maximum absolute atomic E-state index is 13.4. The number of ketones is 1. The smallest absolute Gasteiger partial charge is 0.242 e. The Balaban J connectivity index is 1.89. The van der Waals surface area contributed by atoms with Crippen LogP contribution in [-0.4, -0.2) is 83.5 Å². The molecule has 0 radical (unpaired) electrons. The number of quaternary nitrogens is 2. The van der Waals surface area contributed by atoms with E-state index in [9.17, 15) is 20.1 Å². The zero-order chi connectivity index (χ0) is 18.4. The van der Waals surface area contributed by atoms with Crippen LogP contribution in [0.1, 0.15) is 39.5 Å². The minimum atomic E-state index is -1.37. The fourth-order valence-corrected chi connectivity index (χ4v) is 6.15. The average molecular weight is 358 g/mol. The number of carbonyl (C=O) groups is 1. The van der Waals surface area contributed by atoms with Gasteiger partial charge in [0.2, 0.25) is 6.17 Å².